The molecule has 0 amide bonds. The molecule has 0 unspecified atom stereocenters. The second-order valence-electron chi connectivity index (χ2n) is 5.58. The number of carbonyl (C=O) groups excluding carboxylic acids is 1. The summed E-state index contributed by atoms with van der Waals surface area (Å²) < 4.78 is 20.8. The van der Waals surface area contributed by atoms with Gasteiger partial charge in [0.05, 0.1) is 34.0 Å². The van der Waals surface area contributed by atoms with Crippen LogP contribution in [0.3, 0.4) is 0 Å². The monoisotopic (exact) mass is 344 g/mol. The lowest BCUT2D eigenvalue weighted by atomic mass is 10.0. The molecular weight excluding hydrogens is 320 g/mol. The van der Waals surface area contributed by atoms with Crippen molar-refractivity contribution in [2.24, 2.45) is 0 Å². The molecule has 0 N–H and O–H groups in total. The van der Waals surface area contributed by atoms with Crippen molar-refractivity contribution in [3.63, 3.8) is 0 Å². The summed E-state index contributed by atoms with van der Waals surface area (Å²) in [4.78, 5) is 11.4. The second-order valence-corrected chi connectivity index (χ2v) is 5.58. The first-order valence-corrected chi connectivity index (χ1v) is 8.09. The Morgan fingerprint density at radius 3 is 1.84 bits per heavy atom. The first kappa shape index (κ1) is 18.6. The van der Waals surface area contributed by atoms with Crippen LogP contribution < -0.4 is 14.2 Å². The maximum absolute atomic E-state index is 11.4. The Bertz CT molecular complexity index is 682. The van der Waals surface area contributed by atoms with Crippen LogP contribution in [-0.4, -0.2) is 34.4 Å². The van der Waals surface area contributed by atoms with E-state index < -0.39 is 0 Å². The van der Waals surface area contributed by atoms with Crippen LogP contribution in [0.4, 0.5) is 0 Å². The third-order valence-electron chi connectivity index (χ3n) is 4.03. The SMILES string of the molecule is COC(=O)c1ccc(CCCc2cc(OC)c(OC)c(OC)c2)cc1. The Kier molecular flexibility index (Phi) is 6.69. The molecule has 0 aliphatic rings. The summed E-state index contributed by atoms with van der Waals surface area (Å²) in [5.41, 5.74) is 2.87. The van der Waals surface area contributed by atoms with Crippen molar-refractivity contribution in [1.82, 2.24) is 0 Å². The third-order valence-corrected chi connectivity index (χ3v) is 4.03. The molecule has 0 saturated heterocycles. The van der Waals surface area contributed by atoms with Gasteiger partial charge in [0, 0.05) is 0 Å². The minimum atomic E-state index is -0.316. The lowest BCUT2D eigenvalue weighted by Crippen LogP contribution is -2.01. The van der Waals surface area contributed by atoms with Gasteiger partial charge in [0.15, 0.2) is 11.5 Å². The topological polar surface area (TPSA) is 54.0 Å². The first-order chi connectivity index (χ1) is 12.1. The van der Waals surface area contributed by atoms with E-state index in [0.717, 1.165) is 24.8 Å². The average Bonchev–Trinajstić information content (AvgIpc) is 2.66. The lowest BCUT2D eigenvalue weighted by molar-refractivity contribution is 0.0600. The molecule has 0 spiro atoms. The molecule has 2 aromatic rings. The van der Waals surface area contributed by atoms with E-state index in [4.69, 9.17) is 18.9 Å². The van der Waals surface area contributed by atoms with Gasteiger partial charge in [0.25, 0.3) is 0 Å². The van der Waals surface area contributed by atoms with Crippen molar-refractivity contribution in [3.05, 3.63) is 53.1 Å². The smallest absolute Gasteiger partial charge is 0.337 e. The predicted octanol–water partition coefficient (Wildman–Crippen LogP) is 3.67. The second kappa shape index (κ2) is 8.97. The van der Waals surface area contributed by atoms with Crippen molar-refractivity contribution in [2.45, 2.75) is 19.3 Å². The van der Waals surface area contributed by atoms with E-state index in [1.807, 2.05) is 24.3 Å². The Balaban J connectivity index is 2.00. The molecule has 0 aromatic heterocycles. The maximum Gasteiger partial charge on any atom is 0.337 e. The van der Waals surface area contributed by atoms with E-state index in [2.05, 4.69) is 0 Å². The van der Waals surface area contributed by atoms with Crippen molar-refractivity contribution in [1.29, 1.82) is 0 Å². The minimum absolute atomic E-state index is 0.316. The highest BCUT2D eigenvalue weighted by atomic mass is 16.5. The van der Waals surface area contributed by atoms with Gasteiger partial charge in [0.2, 0.25) is 5.75 Å². The van der Waals surface area contributed by atoms with Gasteiger partial charge in [0.1, 0.15) is 0 Å². The number of methoxy groups -OCH3 is 4. The summed E-state index contributed by atoms with van der Waals surface area (Å²) in [6.45, 7) is 0. The number of rotatable bonds is 8. The molecule has 0 radical (unpaired) electrons. The molecule has 0 saturated carbocycles. The number of carbonyl (C=O) groups is 1. The number of aryl methyl sites for hydroxylation is 2. The van der Waals surface area contributed by atoms with E-state index in [9.17, 15) is 4.79 Å². The molecular formula is C20H24O5. The Morgan fingerprint density at radius 1 is 0.800 bits per heavy atom. The normalized spacial score (nSPS) is 10.2. The summed E-state index contributed by atoms with van der Waals surface area (Å²) in [5.74, 6) is 1.62. The van der Waals surface area contributed by atoms with Crippen LogP contribution >= 0.6 is 0 Å². The van der Waals surface area contributed by atoms with E-state index in [1.54, 1.807) is 33.5 Å². The van der Waals surface area contributed by atoms with E-state index in [-0.39, 0.29) is 5.97 Å². The number of esters is 1. The Labute approximate surface area is 148 Å². The van der Waals surface area contributed by atoms with Gasteiger partial charge in [-0.05, 0) is 54.7 Å². The van der Waals surface area contributed by atoms with Gasteiger partial charge in [-0.1, -0.05) is 12.1 Å². The molecule has 0 bridgehead atoms. The molecule has 2 rings (SSSR count). The Morgan fingerprint density at radius 2 is 1.36 bits per heavy atom. The minimum Gasteiger partial charge on any atom is -0.493 e. The molecule has 2 aromatic carbocycles. The molecule has 134 valence electrons. The zero-order chi connectivity index (χ0) is 18.2. The summed E-state index contributed by atoms with van der Waals surface area (Å²) >= 11 is 0. The van der Waals surface area contributed by atoms with Crippen LogP contribution in [0.25, 0.3) is 0 Å². The molecule has 5 heteroatoms. The van der Waals surface area contributed by atoms with Gasteiger partial charge in [-0.3, -0.25) is 0 Å². The van der Waals surface area contributed by atoms with Crippen molar-refractivity contribution < 1.29 is 23.7 Å². The number of ether oxygens (including phenoxy) is 4. The highest BCUT2D eigenvalue weighted by molar-refractivity contribution is 5.89. The highest BCUT2D eigenvalue weighted by Gasteiger charge is 2.13. The largest absolute Gasteiger partial charge is 0.493 e. The summed E-state index contributed by atoms with van der Waals surface area (Å²) in [7, 11) is 6.21. The molecule has 0 fully saturated rings. The van der Waals surface area contributed by atoms with Crippen LogP contribution in [0.5, 0.6) is 17.2 Å². The van der Waals surface area contributed by atoms with E-state index in [1.165, 1.54) is 12.7 Å². The third kappa shape index (κ3) is 4.66. The van der Waals surface area contributed by atoms with E-state index in [0.29, 0.717) is 22.8 Å². The average molecular weight is 344 g/mol. The summed E-state index contributed by atoms with van der Waals surface area (Å²) in [6, 6.07) is 11.5. The van der Waals surface area contributed by atoms with Crippen LogP contribution in [-0.2, 0) is 17.6 Å². The molecule has 0 aliphatic heterocycles. The molecule has 5 nitrogen and oxygen atoms in total. The van der Waals surface area contributed by atoms with Crippen LogP contribution in [0.1, 0.15) is 27.9 Å². The zero-order valence-corrected chi connectivity index (χ0v) is 15.1. The first-order valence-electron chi connectivity index (χ1n) is 8.09. The Hall–Kier alpha value is -2.69. The van der Waals surface area contributed by atoms with Gasteiger partial charge in [-0.25, -0.2) is 4.79 Å². The fourth-order valence-corrected chi connectivity index (χ4v) is 2.70. The molecule has 25 heavy (non-hydrogen) atoms. The molecule has 0 aliphatic carbocycles. The van der Waals surface area contributed by atoms with E-state index >= 15 is 0 Å². The molecule has 0 atom stereocenters. The van der Waals surface area contributed by atoms with Crippen molar-refractivity contribution in [3.8, 4) is 17.2 Å². The fraction of sp³-hybridized carbons (Fsp3) is 0.350. The summed E-state index contributed by atoms with van der Waals surface area (Å²) in [5, 5.41) is 0. The van der Waals surface area contributed by atoms with Crippen LogP contribution in [0.15, 0.2) is 36.4 Å². The van der Waals surface area contributed by atoms with Gasteiger partial charge < -0.3 is 18.9 Å². The van der Waals surface area contributed by atoms with Crippen molar-refractivity contribution in [2.75, 3.05) is 28.4 Å². The number of hydrogen-bond donors (Lipinski definition) is 0. The zero-order valence-electron chi connectivity index (χ0n) is 15.1. The number of benzene rings is 2. The summed E-state index contributed by atoms with van der Waals surface area (Å²) in [6.07, 6.45) is 2.77. The standard InChI is InChI=1S/C20H24O5/c1-22-17-12-15(13-18(23-2)19(17)24-3)7-5-6-14-8-10-16(11-9-14)20(21)25-4/h8-13H,5-7H2,1-4H3. The molecule has 0 heterocycles. The van der Waals surface area contributed by atoms with Gasteiger partial charge in [-0.2, -0.15) is 0 Å². The lowest BCUT2D eigenvalue weighted by Gasteiger charge is -2.14. The predicted molar refractivity (Wildman–Crippen MR) is 95.9 cm³/mol. The quantitative estimate of drug-likeness (QED) is 0.684. The van der Waals surface area contributed by atoms with Gasteiger partial charge in [-0.15, -0.1) is 0 Å². The van der Waals surface area contributed by atoms with Crippen LogP contribution in [0.2, 0.25) is 0 Å². The maximum atomic E-state index is 11.4. The number of hydrogen-bond acceptors (Lipinski definition) is 5. The van der Waals surface area contributed by atoms with Gasteiger partial charge >= 0.3 is 5.97 Å². The fourth-order valence-electron chi connectivity index (χ4n) is 2.70. The van der Waals surface area contributed by atoms with Crippen molar-refractivity contribution >= 4 is 5.97 Å². The highest BCUT2D eigenvalue weighted by Crippen LogP contribution is 2.38. The van der Waals surface area contributed by atoms with Crippen LogP contribution in [0, 0.1) is 0 Å².